The number of para-hydroxylation sites is 2. The number of aromatic nitrogens is 2. The number of fused-ring (bicyclic) bond motifs is 3. The lowest BCUT2D eigenvalue weighted by atomic mass is 9.79. The van der Waals surface area contributed by atoms with E-state index in [2.05, 4.69) is 15.3 Å². The maximum absolute atomic E-state index is 11.5. The van der Waals surface area contributed by atoms with Crippen LogP contribution in [0, 0.1) is 6.92 Å². The predicted molar refractivity (Wildman–Crippen MR) is 137 cm³/mol. The number of hydrogen-bond acceptors (Lipinski definition) is 7. The zero-order valence-corrected chi connectivity index (χ0v) is 20.1. The van der Waals surface area contributed by atoms with Crippen molar-refractivity contribution < 1.29 is 19.6 Å². The Morgan fingerprint density at radius 3 is 2.41 bits per heavy atom. The average Bonchev–Trinajstić information content (AvgIpc) is 2.73. The van der Waals surface area contributed by atoms with E-state index in [1.807, 2.05) is 37.3 Å². The van der Waals surface area contributed by atoms with E-state index in [9.17, 15) is 4.79 Å². The summed E-state index contributed by atoms with van der Waals surface area (Å²) in [5.74, 6) is 0.421. The Hall–Kier alpha value is -3.40. The first-order chi connectivity index (χ1) is 16.0. The fourth-order valence-corrected chi connectivity index (χ4v) is 3.62. The third-order valence-electron chi connectivity index (χ3n) is 4.72. The van der Waals surface area contributed by atoms with Gasteiger partial charge in [0.05, 0.1) is 5.52 Å². The molecule has 1 amide bonds. The number of ether oxygens (including phenoxy) is 1. The number of aryl methyl sites for hydroxylation is 1. The summed E-state index contributed by atoms with van der Waals surface area (Å²) in [4.78, 5) is 20.1. The third kappa shape index (κ3) is 6.14. The van der Waals surface area contributed by atoms with E-state index < -0.39 is 18.8 Å². The van der Waals surface area contributed by atoms with Crippen LogP contribution in [0.2, 0.25) is 5.15 Å². The molecule has 0 aliphatic carbocycles. The first-order valence-corrected chi connectivity index (χ1v) is 10.9. The van der Waals surface area contributed by atoms with Crippen molar-refractivity contribution in [3.8, 4) is 0 Å². The fourth-order valence-electron chi connectivity index (χ4n) is 3.37. The zero-order chi connectivity index (χ0) is 25.0. The van der Waals surface area contributed by atoms with Gasteiger partial charge in [-0.1, -0.05) is 48.0 Å². The van der Waals surface area contributed by atoms with Crippen LogP contribution in [0.1, 0.15) is 26.3 Å². The molecule has 0 spiro atoms. The van der Waals surface area contributed by atoms with Crippen molar-refractivity contribution in [1.82, 2.24) is 9.97 Å². The van der Waals surface area contributed by atoms with Gasteiger partial charge in [-0.05, 0) is 51.5 Å². The molecule has 0 atom stereocenters. The molecule has 5 N–H and O–H groups in total. The molecule has 4 rings (SSSR count). The second kappa shape index (κ2) is 10.3. The number of hydrogen-bond donors (Lipinski definition) is 4. The second-order valence-electron chi connectivity index (χ2n) is 8.59. The van der Waals surface area contributed by atoms with E-state index >= 15 is 0 Å². The molecular weight excluding hydrogens is 455 g/mol. The molecule has 0 aliphatic heterocycles. The van der Waals surface area contributed by atoms with E-state index in [0.29, 0.717) is 22.2 Å². The third-order valence-corrected chi connectivity index (χ3v) is 4.91. The van der Waals surface area contributed by atoms with E-state index in [-0.39, 0.29) is 5.46 Å². The quantitative estimate of drug-likeness (QED) is 0.193. The van der Waals surface area contributed by atoms with Crippen LogP contribution in [0.15, 0.2) is 54.6 Å². The highest BCUT2D eigenvalue weighted by molar-refractivity contribution is 6.60. The Morgan fingerprint density at radius 1 is 1.09 bits per heavy atom. The summed E-state index contributed by atoms with van der Waals surface area (Å²) in [7, 11) is -1.64. The van der Waals surface area contributed by atoms with Crippen LogP contribution >= 0.6 is 11.6 Å². The van der Waals surface area contributed by atoms with Crippen LogP contribution in [0.3, 0.4) is 0 Å². The molecule has 176 valence electrons. The number of rotatable bonds is 2. The number of amides is 1. The maximum Gasteiger partial charge on any atom is 0.490 e. The number of pyridine rings is 2. The summed E-state index contributed by atoms with van der Waals surface area (Å²) in [6.45, 7) is 7.25. The summed E-state index contributed by atoms with van der Waals surface area (Å²) in [6.07, 6.45) is -0.634. The number of nitrogens with one attached hydrogen (secondary N) is 1. The van der Waals surface area contributed by atoms with Crippen molar-refractivity contribution in [2.75, 3.05) is 11.1 Å². The molecule has 0 radical (unpaired) electrons. The summed E-state index contributed by atoms with van der Waals surface area (Å²) >= 11 is 5.95. The lowest BCUT2D eigenvalue weighted by Gasteiger charge is -2.20. The summed E-state index contributed by atoms with van der Waals surface area (Å²) in [5, 5.41) is 23.2. The molecular formula is C24H26BClN4O4. The number of halogens is 1. The largest absolute Gasteiger partial charge is 0.490 e. The number of nitrogen functional groups attached to an aromatic ring is 1. The second-order valence-corrected chi connectivity index (χ2v) is 8.97. The number of carbonyl (C=O) groups excluding carboxylic acids is 1. The van der Waals surface area contributed by atoms with Gasteiger partial charge >= 0.3 is 13.2 Å². The van der Waals surface area contributed by atoms with Crippen molar-refractivity contribution in [1.29, 1.82) is 0 Å². The van der Waals surface area contributed by atoms with Crippen molar-refractivity contribution in [2.24, 2.45) is 0 Å². The first-order valence-electron chi connectivity index (χ1n) is 10.5. The number of carbonyl (C=O) groups is 1. The highest BCUT2D eigenvalue weighted by atomic mass is 35.5. The van der Waals surface area contributed by atoms with Gasteiger partial charge in [-0.15, -0.1) is 0 Å². The van der Waals surface area contributed by atoms with Gasteiger partial charge in [0, 0.05) is 21.9 Å². The van der Waals surface area contributed by atoms with Gasteiger partial charge in [-0.25, -0.2) is 14.8 Å². The van der Waals surface area contributed by atoms with Crippen molar-refractivity contribution in [2.45, 2.75) is 33.3 Å². The van der Waals surface area contributed by atoms with E-state index in [1.165, 1.54) is 6.07 Å². The zero-order valence-electron chi connectivity index (χ0n) is 19.3. The van der Waals surface area contributed by atoms with Crippen LogP contribution in [-0.2, 0) is 4.74 Å². The molecule has 4 aromatic rings. The summed E-state index contributed by atoms with van der Waals surface area (Å²) < 4.78 is 5.06. The minimum atomic E-state index is -1.64. The van der Waals surface area contributed by atoms with Gasteiger partial charge in [-0.3, -0.25) is 5.32 Å². The molecule has 2 aromatic carbocycles. The summed E-state index contributed by atoms with van der Waals surface area (Å²) in [6, 6.07) is 16.1. The molecule has 0 saturated carbocycles. The van der Waals surface area contributed by atoms with E-state index in [4.69, 9.17) is 32.1 Å². The standard InChI is InChI=1S/C13H10ClN3.C11H16BNO4/c1-7-6-10(14)17-12-11(7)8-4-2-3-5-9(8)16-13(12)15;1-11(2,3)17-10(14)13-9-7-5-4-6-8(9)12(15)16/h2-6H,1H3,(H2,15,16);4-7,15-16H,1-3H3,(H,13,14). The van der Waals surface area contributed by atoms with Gasteiger partial charge < -0.3 is 20.5 Å². The molecule has 0 aliphatic rings. The Bertz CT molecular complexity index is 1340. The van der Waals surface area contributed by atoms with Crippen LogP contribution in [0.4, 0.5) is 16.3 Å². The number of nitrogens with two attached hydrogens (primary N) is 1. The summed E-state index contributed by atoms with van der Waals surface area (Å²) in [5.41, 5.74) is 8.48. The fraction of sp³-hybridized carbons (Fsp3) is 0.208. The average molecular weight is 481 g/mol. The van der Waals surface area contributed by atoms with Gasteiger partial charge in [0.1, 0.15) is 16.3 Å². The van der Waals surface area contributed by atoms with Gasteiger partial charge in [0.15, 0.2) is 5.82 Å². The van der Waals surface area contributed by atoms with Crippen molar-refractivity contribution in [3.05, 3.63) is 65.3 Å². The van der Waals surface area contributed by atoms with E-state index in [0.717, 1.165) is 21.9 Å². The van der Waals surface area contributed by atoms with Crippen LogP contribution in [0.5, 0.6) is 0 Å². The minimum Gasteiger partial charge on any atom is -0.444 e. The molecule has 2 aromatic heterocycles. The molecule has 0 saturated heterocycles. The lowest BCUT2D eigenvalue weighted by Crippen LogP contribution is -2.35. The topological polar surface area (TPSA) is 131 Å². The molecule has 8 nitrogen and oxygen atoms in total. The van der Waals surface area contributed by atoms with Crippen LogP contribution < -0.4 is 16.5 Å². The maximum atomic E-state index is 11.5. The number of nitrogens with zero attached hydrogens (tertiary/aromatic N) is 2. The van der Waals surface area contributed by atoms with Crippen LogP contribution in [0.25, 0.3) is 21.8 Å². The van der Waals surface area contributed by atoms with Crippen LogP contribution in [-0.4, -0.2) is 38.8 Å². The molecule has 0 fully saturated rings. The first kappa shape index (κ1) is 25.2. The molecule has 34 heavy (non-hydrogen) atoms. The molecule has 0 unspecified atom stereocenters. The number of benzene rings is 2. The number of anilines is 2. The Balaban J connectivity index is 0.000000191. The molecule has 0 bridgehead atoms. The SMILES string of the molecule is CC(C)(C)OC(=O)Nc1ccccc1B(O)O.Cc1cc(Cl)nc2c(N)nc3ccccc3c12. The van der Waals surface area contributed by atoms with Gasteiger partial charge in [0.25, 0.3) is 0 Å². The molecule has 10 heteroatoms. The van der Waals surface area contributed by atoms with Gasteiger partial charge in [-0.2, -0.15) is 0 Å². The lowest BCUT2D eigenvalue weighted by molar-refractivity contribution is 0.0636. The van der Waals surface area contributed by atoms with Crippen molar-refractivity contribution in [3.63, 3.8) is 0 Å². The Kier molecular flexibility index (Phi) is 7.61. The highest BCUT2D eigenvalue weighted by Gasteiger charge is 2.20. The van der Waals surface area contributed by atoms with E-state index in [1.54, 1.807) is 39.0 Å². The highest BCUT2D eigenvalue weighted by Crippen LogP contribution is 2.30. The minimum absolute atomic E-state index is 0.221. The predicted octanol–water partition coefficient (Wildman–Crippen LogP) is 4.04. The smallest absolute Gasteiger partial charge is 0.444 e. The Labute approximate surface area is 202 Å². The monoisotopic (exact) mass is 480 g/mol. The van der Waals surface area contributed by atoms with Gasteiger partial charge in [0.2, 0.25) is 0 Å². The normalized spacial score (nSPS) is 11.0. The Morgan fingerprint density at radius 2 is 1.74 bits per heavy atom. The van der Waals surface area contributed by atoms with Crippen molar-refractivity contribution >= 4 is 63.6 Å². The molecule has 2 heterocycles.